The Kier molecular flexibility index (Phi) is 6.19. The van der Waals surface area contributed by atoms with Crippen molar-refractivity contribution in [3.63, 3.8) is 0 Å². The lowest BCUT2D eigenvalue weighted by Gasteiger charge is -2.26. The van der Waals surface area contributed by atoms with Crippen molar-refractivity contribution in [2.45, 2.75) is 57.1 Å². The SMILES string of the molecule is Fc1cc(C2CCC(=CCC3OCCCO3)CC2)ccc1OC(F)(F)F. The summed E-state index contributed by atoms with van der Waals surface area (Å²) >= 11 is 0. The van der Waals surface area contributed by atoms with Gasteiger partial charge in [0.25, 0.3) is 0 Å². The lowest BCUT2D eigenvalue weighted by atomic mass is 9.81. The van der Waals surface area contributed by atoms with Gasteiger partial charge in [-0.1, -0.05) is 17.7 Å². The molecule has 1 aliphatic heterocycles. The fraction of sp³-hybridized carbons (Fsp3) is 0.579. The molecule has 1 heterocycles. The van der Waals surface area contributed by atoms with Crippen molar-refractivity contribution in [3.05, 3.63) is 41.2 Å². The molecule has 0 bridgehead atoms. The Morgan fingerprint density at radius 3 is 2.42 bits per heavy atom. The van der Waals surface area contributed by atoms with Gasteiger partial charge in [-0.25, -0.2) is 4.39 Å². The third kappa shape index (κ3) is 5.45. The maximum atomic E-state index is 13.9. The van der Waals surface area contributed by atoms with E-state index in [9.17, 15) is 17.6 Å². The molecule has 1 saturated heterocycles. The third-order valence-corrected chi connectivity index (χ3v) is 4.78. The van der Waals surface area contributed by atoms with Crippen LogP contribution in [0.1, 0.15) is 50.0 Å². The number of alkyl halides is 3. The highest BCUT2D eigenvalue weighted by molar-refractivity contribution is 5.32. The van der Waals surface area contributed by atoms with E-state index in [1.165, 1.54) is 11.6 Å². The van der Waals surface area contributed by atoms with E-state index in [4.69, 9.17) is 9.47 Å². The molecule has 7 heteroatoms. The second-order valence-electron chi connectivity index (χ2n) is 6.63. The lowest BCUT2D eigenvalue weighted by Crippen LogP contribution is -2.24. The zero-order chi connectivity index (χ0) is 18.6. The number of benzene rings is 1. The summed E-state index contributed by atoms with van der Waals surface area (Å²) in [4.78, 5) is 0. The summed E-state index contributed by atoms with van der Waals surface area (Å²) in [6.45, 7) is 1.46. The molecule has 0 aromatic heterocycles. The van der Waals surface area contributed by atoms with Gasteiger partial charge in [0.1, 0.15) is 0 Å². The van der Waals surface area contributed by atoms with E-state index in [1.54, 1.807) is 0 Å². The predicted molar refractivity (Wildman–Crippen MR) is 87.3 cm³/mol. The van der Waals surface area contributed by atoms with Crippen LogP contribution < -0.4 is 4.74 Å². The van der Waals surface area contributed by atoms with Crippen LogP contribution in [0.15, 0.2) is 29.8 Å². The minimum atomic E-state index is -4.89. The number of hydrogen-bond acceptors (Lipinski definition) is 3. The van der Waals surface area contributed by atoms with Crippen molar-refractivity contribution in [3.8, 4) is 5.75 Å². The molecule has 1 aliphatic carbocycles. The van der Waals surface area contributed by atoms with Gasteiger partial charge in [-0.2, -0.15) is 0 Å². The number of ether oxygens (including phenoxy) is 3. The van der Waals surface area contributed by atoms with Crippen LogP contribution in [0.2, 0.25) is 0 Å². The summed E-state index contributed by atoms with van der Waals surface area (Å²) in [5.74, 6) is -1.62. The van der Waals surface area contributed by atoms with E-state index in [1.807, 2.05) is 0 Å². The molecule has 0 unspecified atom stereocenters. The van der Waals surface area contributed by atoms with Crippen LogP contribution in [0.5, 0.6) is 5.75 Å². The van der Waals surface area contributed by atoms with Crippen molar-refractivity contribution in [1.29, 1.82) is 0 Å². The van der Waals surface area contributed by atoms with Crippen LogP contribution in [-0.4, -0.2) is 25.9 Å². The summed E-state index contributed by atoms with van der Waals surface area (Å²) in [6.07, 6.45) is 2.24. The Morgan fingerprint density at radius 2 is 1.81 bits per heavy atom. The number of allylic oxidation sites excluding steroid dienone is 1. The quantitative estimate of drug-likeness (QED) is 0.517. The molecule has 0 N–H and O–H groups in total. The average Bonchev–Trinajstić information content (AvgIpc) is 2.62. The van der Waals surface area contributed by atoms with Gasteiger partial charge < -0.3 is 14.2 Å². The van der Waals surface area contributed by atoms with Crippen LogP contribution in [0.4, 0.5) is 17.6 Å². The molecule has 3 nitrogen and oxygen atoms in total. The first-order valence-corrected chi connectivity index (χ1v) is 8.87. The summed E-state index contributed by atoms with van der Waals surface area (Å²) in [5, 5.41) is 0. The Hall–Kier alpha value is -1.60. The van der Waals surface area contributed by atoms with Gasteiger partial charge in [0.2, 0.25) is 0 Å². The van der Waals surface area contributed by atoms with Crippen molar-refractivity contribution in [2.75, 3.05) is 13.2 Å². The molecule has 0 amide bonds. The van der Waals surface area contributed by atoms with Gasteiger partial charge in [-0.3, -0.25) is 0 Å². The Labute approximate surface area is 149 Å². The third-order valence-electron chi connectivity index (χ3n) is 4.78. The Bertz CT molecular complexity index is 626. The van der Waals surface area contributed by atoms with E-state index in [-0.39, 0.29) is 12.2 Å². The van der Waals surface area contributed by atoms with Gasteiger partial charge in [-0.15, -0.1) is 13.2 Å². The zero-order valence-corrected chi connectivity index (χ0v) is 14.4. The molecule has 0 radical (unpaired) electrons. The Morgan fingerprint density at radius 1 is 1.12 bits per heavy atom. The number of hydrogen-bond donors (Lipinski definition) is 0. The average molecular weight is 374 g/mol. The van der Waals surface area contributed by atoms with E-state index in [2.05, 4.69) is 10.8 Å². The van der Waals surface area contributed by atoms with Crippen LogP contribution in [0.3, 0.4) is 0 Å². The van der Waals surface area contributed by atoms with Gasteiger partial charge >= 0.3 is 6.36 Å². The molecule has 0 atom stereocenters. The van der Waals surface area contributed by atoms with Crippen LogP contribution in [-0.2, 0) is 9.47 Å². The molecule has 26 heavy (non-hydrogen) atoms. The lowest BCUT2D eigenvalue weighted by molar-refractivity contribution is -0.275. The number of halogens is 4. The van der Waals surface area contributed by atoms with Crippen molar-refractivity contribution < 1.29 is 31.8 Å². The predicted octanol–water partition coefficient (Wildman–Crippen LogP) is 5.46. The second kappa shape index (κ2) is 8.39. The highest BCUT2D eigenvalue weighted by Gasteiger charge is 2.32. The fourth-order valence-corrected chi connectivity index (χ4v) is 3.44. The van der Waals surface area contributed by atoms with Gasteiger partial charge in [-0.05, 0) is 55.7 Å². The maximum absolute atomic E-state index is 13.9. The van der Waals surface area contributed by atoms with E-state index in [0.717, 1.165) is 69.4 Å². The first kappa shape index (κ1) is 19.2. The molecule has 3 rings (SSSR count). The molecule has 0 spiro atoms. The molecule has 2 fully saturated rings. The smallest absolute Gasteiger partial charge is 0.403 e. The normalized spacial score (nSPS) is 22.3. The van der Waals surface area contributed by atoms with Crippen LogP contribution in [0.25, 0.3) is 0 Å². The van der Waals surface area contributed by atoms with Crippen molar-refractivity contribution in [1.82, 2.24) is 0 Å². The first-order valence-electron chi connectivity index (χ1n) is 8.87. The minimum Gasteiger partial charge on any atom is -0.403 e. The minimum absolute atomic E-state index is 0.142. The molecule has 1 saturated carbocycles. The number of rotatable bonds is 4. The van der Waals surface area contributed by atoms with Crippen LogP contribution >= 0.6 is 0 Å². The molecule has 2 aliphatic rings. The van der Waals surface area contributed by atoms with Crippen molar-refractivity contribution in [2.24, 2.45) is 0 Å². The molecule has 144 valence electrons. The monoisotopic (exact) mass is 374 g/mol. The van der Waals surface area contributed by atoms with Crippen LogP contribution in [0, 0.1) is 5.82 Å². The maximum Gasteiger partial charge on any atom is 0.573 e. The highest BCUT2D eigenvalue weighted by Crippen LogP contribution is 2.37. The first-order chi connectivity index (χ1) is 12.4. The van der Waals surface area contributed by atoms with Gasteiger partial charge in [0.15, 0.2) is 17.9 Å². The fourth-order valence-electron chi connectivity index (χ4n) is 3.44. The summed E-state index contributed by atoms with van der Waals surface area (Å²) < 4.78 is 65.2. The largest absolute Gasteiger partial charge is 0.573 e. The molecule has 1 aromatic rings. The molecule has 1 aromatic carbocycles. The van der Waals surface area contributed by atoms with Gasteiger partial charge in [0, 0.05) is 6.42 Å². The van der Waals surface area contributed by atoms with Gasteiger partial charge in [0.05, 0.1) is 13.2 Å². The van der Waals surface area contributed by atoms with E-state index >= 15 is 0 Å². The molecular weight excluding hydrogens is 352 g/mol. The van der Waals surface area contributed by atoms with E-state index in [0.29, 0.717) is 0 Å². The second-order valence-corrected chi connectivity index (χ2v) is 6.63. The standard InChI is InChI=1S/C19H22F4O3/c20-16-12-15(7-8-17(16)26-19(21,22)23)14-5-2-13(3-6-14)4-9-18-24-10-1-11-25-18/h4,7-8,12,14,18H,1-3,5-6,9-11H2. The molecular formula is C19H22F4O3. The summed E-state index contributed by atoms with van der Waals surface area (Å²) in [5.41, 5.74) is 2.05. The van der Waals surface area contributed by atoms with E-state index < -0.39 is 17.9 Å². The highest BCUT2D eigenvalue weighted by atomic mass is 19.4. The Balaban J connectivity index is 1.53. The topological polar surface area (TPSA) is 27.7 Å². The summed E-state index contributed by atoms with van der Waals surface area (Å²) in [7, 11) is 0. The summed E-state index contributed by atoms with van der Waals surface area (Å²) in [6, 6.07) is 3.73. The van der Waals surface area contributed by atoms with Crippen molar-refractivity contribution >= 4 is 0 Å². The zero-order valence-electron chi connectivity index (χ0n) is 14.4.